The van der Waals surface area contributed by atoms with Gasteiger partial charge in [-0.1, -0.05) is 17.7 Å². The van der Waals surface area contributed by atoms with Gasteiger partial charge in [0.1, 0.15) is 5.75 Å². The van der Waals surface area contributed by atoms with E-state index >= 15 is 0 Å². The lowest BCUT2D eigenvalue weighted by Crippen LogP contribution is -2.01. The molecule has 1 aromatic heterocycles. The average Bonchev–Trinajstić information content (AvgIpc) is 2.88. The van der Waals surface area contributed by atoms with Crippen LogP contribution in [0.3, 0.4) is 0 Å². The summed E-state index contributed by atoms with van der Waals surface area (Å²) in [6.45, 7) is 0.306. The number of nitrogens with two attached hydrogens (primary N) is 1. The van der Waals surface area contributed by atoms with Crippen LogP contribution in [0.5, 0.6) is 11.6 Å². The van der Waals surface area contributed by atoms with Gasteiger partial charge in [0.2, 0.25) is 5.88 Å². The molecule has 0 amide bonds. The maximum absolute atomic E-state index is 5.98. The van der Waals surface area contributed by atoms with Crippen molar-refractivity contribution in [3.05, 3.63) is 52.2 Å². The molecule has 1 aliphatic rings. The molecular weight excluding hydrogens is 260 g/mol. The molecule has 2 aromatic rings. The van der Waals surface area contributed by atoms with Gasteiger partial charge >= 0.3 is 0 Å². The topological polar surface area (TPSA) is 48.1 Å². The molecule has 0 fully saturated rings. The van der Waals surface area contributed by atoms with Crippen LogP contribution in [0.4, 0.5) is 0 Å². The molecule has 1 aliphatic carbocycles. The Labute approximate surface area is 117 Å². The van der Waals surface area contributed by atoms with Crippen molar-refractivity contribution in [2.45, 2.75) is 25.8 Å². The molecule has 3 rings (SSSR count). The highest BCUT2D eigenvalue weighted by Gasteiger charge is 2.12. The van der Waals surface area contributed by atoms with E-state index in [0.717, 1.165) is 12.2 Å². The van der Waals surface area contributed by atoms with Crippen LogP contribution < -0.4 is 10.5 Å². The average molecular weight is 275 g/mol. The Morgan fingerprint density at radius 3 is 2.84 bits per heavy atom. The quantitative estimate of drug-likeness (QED) is 0.932. The van der Waals surface area contributed by atoms with Crippen LogP contribution in [0.25, 0.3) is 0 Å². The lowest BCUT2D eigenvalue weighted by Gasteiger charge is -2.08. The summed E-state index contributed by atoms with van der Waals surface area (Å²) in [7, 11) is 0. The Morgan fingerprint density at radius 2 is 2.00 bits per heavy atom. The lowest BCUT2D eigenvalue weighted by atomic mass is 10.1. The summed E-state index contributed by atoms with van der Waals surface area (Å²) in [6.07, 6.45) is 3.54. The van der Waals surface area contributed by atoms with Crippen LogP contribution in [-0.4, -0.2) is 4.98 Å². The van der Waals surface area contributed by atoms with Crippen molar-refractivity contribution in [1.82, 2.24) is 4.98 Å². The van der Waals surface area contributed by atoms with E-state index in [0.29, 0.717) is 23.1 Å². The fourth-order valence-corrected chi connectivity index (χ4v) is 2.58. The Balaban J connectivity index is 1.85. The molecule has 4 heteroatoms. The SMILES string of the molecule is NCc1nc(Oc2ccc3c(c2)CCC3)ccc1Cl. The summed E-state index contributed by atoms with van der Waals surface area (Å²) in [5.74, 6) is 1.35. The van der Waals surface area contributed by atoms with E-state index in [-0.39, 0.29) is 0 Å². The lowest BCUT2D eigenvalue weighted by molar-refractivity contribution is 0.460. The zero-order chi connectivity index (χ0) is 13.2. The second-order valence-corrected chi connectivity index (χ2v) is 5.08. The third-order valence-electron chi connectivity index (χ3n) is 3.38. The molecule has 0 aliphatic heterocycles. The summed E-state index contributed by atoms with van der Waals surface area (Å²) in [5, 5.41) is 0.573. The maximum Gasteiger partial charge on any atom is 0.219 e. The number of hydrogen-bond donors (Lipinski definition) is 1. The number of fused-ring (bicyclic) bond motifs is 1. The smallest absolute Gasteiger partial charge is 0.219 e. The van der Waals surface area contributed by atoms with Crippen LogP contribution >= 0.6 is 11.6 Å². The first-order valence-corrected chi connectivity index (χ1v) is 6.79. The molecule has 98 valence electrons. The number of rotatable bonds is 3. The summed E-state index contributed by atoms with van der Waals surface area (Å²) in [6, 6.07) is 9.74. The van der Waals surface area contributed by atoms with E-state index in [2.05, 4.69) is 17.1 Å². The molecule has 3 nitrogen and oxygen atoms in total. The van der Waals surface area contributed by atoms with Crippen LogP contribution in [0.1, 0.15) is 23.2 Å². The Hall–Kier alpha value is -1.58. The molecule has 0 unspecified atom stereocenters. The van der Waals surface area contributed by atoms with Crippen LogP contribution in [0.15, 0.2) is 30.3 Å². The van der Waals surface area contributed by atoms with Crippen LogP contribution in [0, 0.1) is 0 Å². The highest BCUT2D eigenvalue weighted by atomic mass is 35.5. The van der Waals surface area contributed by atoms with Gasteiger partial charge < -0.3 is 10.5 Å². The zero-order valence-corrected chi connectivity index (χ0v) is 11.3. The van der Waals surface area contributed by atoms with Gasteiger partial charge in [-0.15, -0.1) is 0 Å². The first kappa shape index (κ1) is 12.5. The molecular formula is C15H15ClN2O. The standard InChI is InChI=1S/C15H15ClN2O/c16-13-6-7-15(18-14(13)9-17)19-12-5-4-10-2-1-3-11(10)8-12/h4-8H,1-3,9,17H2. The van der Waals surface area contributed by atoms with Gasteiger partial charge in [-0.2, -0.15) is 0 Å². The first-order chi connectivity index (χ1) is 9.26. The number of nitrogens with zero attached hydrogens (tertiary/aromatic N) is 1. The molecule has 0 bridgehead atoms. The predicted molar refractivity (Wildman–Crippen MR) is 75.7 cm³/mol. The number of benzene rings is 1. The monoisotopic (exact) mass is 274 g/mol. The second kappa shape index (κ2) is 5.19. The molecule has 1 aromatic carbocycles. The predicted octanol–water partition coefficient (Wildman–Crippen LogP) is 3.47. The van der Waals surface area contributed by atoms with Crippen molar-refractivity contribution in [3.63, 3.8) is 0 Å². The van der Waals surface area contributed by atoms with Crippen LogP contribution in [0.2, 0.25) is 5.02 Å². The number of ether oxygens (including phenoxy) is 1. The summed E-state index contributed by atoms with van der Waals surface area (Å²) < 4.78 is 5.78. The minimum Gasteiger partial charge on any atom is -0.439 e. The van der Waals surface area contributed by atoms with E-state index in [1.165, 1.54) is 24.0 Å². The van der Waals surface area contributed by atoms with Crippen molar-refractivity contribution in [2.75, 3.05) is 0 Å². The van der Waals surface area contributed by atoms with Gasteiger partial charge in [-0.25, -0.2) is 4.98 Å². The highest BCUT2D eigenvalue weighted by Crippen LogP contribution is 2.29. The summed E-state index contributed by atoms with van der Waals surface area (Å²) >= 11 is 5.98. The number of halogens is 1. The molecule has 0 radical (unpaired) electrons. The fourth-order valence-electron chi connectivity index (χ4n) is 2.40. The van der Waals surface area contributed by atoms with E-state index in [1.54, 1.807) is 12.1 Å². The maximum atomic E-state index is 5.98. The molecule has 0 spiro atoms. The minimum atomic E-state index is 0.306. The molecule has 0 saturated heterocycles. The summed E-state index contributed by atoms with van der Waals surface area (Å²) in [4.78, 5) is 4.30. The second-order valence-electron chi connectivity index (χ2n) is 4.67. The minimum absolute atomic E-state index is 0.306. The molecule has 1 heterocycles. The molecule has 2 N–H and O–H groups in total. The Kier molecular flexibility index (Phi) is 3.40. The third-order valence-corrected chi connectivity index (χ3v) is 3.72. The van der Waals surface area contributed by atoms with Gasteiger partial charge in [-0.3, -0.25) is 0 Å². The van der Waals surface area contributed by atoms with E-state index in [9.17, 15) is 0 Å². The normalized spacial score (nSPS) is 13.4. The molecule has 0 saturated carbocycles. The molecule has 19 heavy (non-hydrogen) atoms. The number of aromatic nitrogens is 1. The van der Waals surface area contributed by atoms with Crippen molar-refractivity contribution in [2.24, 2.45) is 5.73 Å². The first-order valence-electron chi connectivity index (χ1n) is 6.41. The Bertz CT molecular complexity index is 604. The van der Waals surface area contributed by atoms with Gasteiger partial charge in [0.05, 0.1) is 10.7 Å². The fraction of sp³-hybridized carbons (Fsp3) is 0.267. The van der Waals surface area contributed by atoms with Gasteiger partial charge in [0.25, 0.3) is 0 Å². The van der Waals surface area contributed by atoms with E-state index < -0.39 is 0 Å². The Morgan fingerprint density at radius 1 is 1.16 bits per heavy atom. The van der Waals surface area contributed by atoms with Crippen molar-refractivity contribution >= 4 is 11.6 Å². The molecule has 0 atom stereocenters. The largest absolute Gasteiger partial charge is 0.439 e. The number of aryl methyl sites for hydroxylation is 2. The highest BCUT2D eigenvalue weighted by molar-refractivity contribution is 6.31. The number of hydrogen-bond acceptors (Lipinski definition) is 3. The summed E-state index contributed by atoms with van der Waals surface area (Å²) in [5.41, 5.74) is 9.05. The third kappa shape index (κ3) is 2.57. The number of pyridine rings is 1. The zero-order valence-electron chi connectivity index (χ0n) is 10.5. The van der Waals surface area contributed by atoms with E-state index in [4.69, 9.17) is 22.1 Å². The van der Waals surface area contributed by atoms with Crippen molar-refractivity contribution in [3.8, 4) is 11.6 Å². The van der Waals surface area contributed by atoms with Gasteiger partial charge in [0, 0.05) is 12.6 Å². The van der Waals surface area contributed by atoms with Crippen molar-refractivity contribution < 1.29 is 4.74 Å². The van der Waals surface area contributed by atoms with Crippen molar-refractivity contribution in [1.29, 1.82) is 0 Å². The van der Waals surface area contributed by atoms with Gasteiger partial charge in [0.15, 0.2) is 0 Å². The van der Waals surface area contributed by atoms with Gasteiger partial charge in [-0.05, 0) is 48.6 Å². The van der Waals surface area contributed by atoms with Crippen LogP contribution in [-0.2, 0) is 19.4 Å². The van der Waals surface area contributed by atoms with E-state index in [1.807, 2.05) is 6.07 Å².